The molecule has 0 aromatic heterocycles. The Morgan fingerprint density at radius 3 is 1.68 bits per heavy atom. The van der Waals surface area contributed by atoms with Crippen LogP contribution >= 0.6 is 30.5 Å². The molecule has 0 saturated heterocycles. The van der Waals surface area contributed by atoms with Crippen molar-refractivity contribution < 1.29 is 18.7 Å². The summed E-state index contributed by atoms with van der Waals surface area (Å²) in [5.74, 6) is 1.10. The van der Waals surface area contributed by atoms with Crippen molar-refractivity contribution in [2.24, 2.45) is 0 Å². The maximum Gasteiger partial charge on any atom is 0.576 e. The highest BCUT2D eigenvalue weighted by Gasteiger charge is 2.58. The topological polar surface area (TPSA) is 55.8 Å². The average molecular weight is 632 g/mol. The zero-order valence-electron chi connectivity index (χ0n) is 23.2. The fourth-order valence-electron chi connectivity index (χ4n) is 4.86. The molecule has 4 rings (SSSR count). The standard InChI is InChI=1S/C31H37IO4P/c1-18-12-21-17-22-13-19(2)15-26(31(7,8)9)28(22)36-37(34,35-27(21)25(14-18)30(4,5)6)29(33)24-11-10-23(32)16-20(24)3/h10-16,34H,17H2,1-9H3/q+1. The first-order valence-corrected chi connectivity index (χ1v) is 15.3. The molecule has 3 aromatic rings. The van der Waals surface area contributed by atoms with E-state index in [1.807, 2.05) is 19.1 Å². The van der Waals surface area contributed by atoms with Crippen LogP contribution in [0.2, 0.25) is 0 Å². The zero-order valence-corrected chi connectivity index (χ0v) is 26.3. The van der Waals surface area contributed by atoms with Gasteiger partial charge in [0.15, 0.2) is 11.5 Å². The molecule has 3 aromatic carbocycles. The van der Waals surface area contributed by atoms with Gasteiger partial charge in [-0.2, -0.15) is 4.89 Å². The normalized spacial score (nSPS) is 15.0. The summed E-state index contributed by atoms with van der Waals surface area (Å²) in [5.41, 5.74) is 6.15. The molecule has 0 spiro atoms. The lowest BCUT2D eigenvalue weighted by Gasteiger charge is -2.30. The second-order valence-corrected chi connectivity index (χ2v) is 15.3. The van der Waals surface area contributed by atoms with Gasteiger partial charge in [0.2, 0.25) is 0 Å². The first-order chi connectivity index (χ1) is 17.0. The molecule has 1 heterocycles. The van der Waals surface area contributed by atoms with Crippen molar-refractivity contribution in [1.29, 1.82) is 0 Å². The Bertz CT molecular complexity index is 1320. The Kier molecular flexibility index (Phi) is 7.33. The lowest BCUT2D eigenvalue weighted by atomic mass is 9.81. The quantitative estimate of drug-likeness (QED) is 0.227. The zero-order chi connectivity index (χ0) is 27.5. The van der Waals surface area contributed by atoms with Crippen molar-refractivity contribution in [1.82, 2.24) is 0 Å². The molecule has 37 heavy (non-hydrogen) atoms. The van der Waals surface area contributed by atoms with Gasteiger partial charge >= 0.3 is 13.5 Å². The Morgan fingerprint density at radius 1 is 0.811 bits per heavy atom. The van der Waals surface area contributed by atoms with Crippen LogP contribution in [-0.4, -0.2) is 10.4 Å². The molecule has 0 radical (unpaired) electrons. The summed E-state index contributed by atoms with van der Waals surface area (Å²) in [6.45, 7) is 18.7. The summed E-state index contributed by atoms with van der Waals surface area (Å²) in [4.78, 5) is 26.4. The van der Waals surface area contributed by atoms with Gasteiger partial charge < -0.3 is 0 Å². The van der Waals surface area contributed by atoms with Gasteiger partial charge in [-0.3, -0.25) is 9.05 Å². The molecule has 0 aliphatic carbocycles. The minimum atomic E-state index is -4.12. The summed E-state index contributed by atoms with van der Waals surface area (Å²) in [5, 5.41) is 0. The van der Waals surface area contributed by atoms with Crippen molar-refractivity contribution >= 4 is 36.1 Å². The van der Waals surface area contributed by atoms with Crippen LogP contribution in [0.3, 0.4) is 0 Å². The third-order valence-electron chi connectivity index (χ3n) is 6.72. The number of benzene rings is 3. The third kappa shape index (κ3) is 5.60. The highest BCUT2D eigenvalue weighted by Crippen LogP contribution is 2.63. The molecule has 0 amide bonds. The van der Waals surface area contributed by atoms with Crippen molar-refractivity contribution in [3.8, 4) is 11.5 Å². The smallest absolute Gasteiger partial charge is 0.271 e. The molecule has 4 nitrogen and oxygen atoms in total. The number of rotatable bonds is 2. The van der Waals surface area contributed by atoms with Crippen molar-refractivity contribution in [3.05, 3.63) is 90.5 Å². The van der Waals surface area contributed by atoms with Crippen LogP contribution in [0.25, 0.3) is 0 Å². The van der Waals surface area contributed by atoms with Crippen LogP contribution in [0.5, 0.6) is 11.5 Å². The van der Waals surface area contributed by atoms with E-state index in [0.717, 1.165) is 42.5 Å². The number of hydrogen-bond donors (Lipinski definition) is 1. The third-order valence-corrected chi connectivity index (χ3v) is 9.01. The Balaban J connectivity index is 2.05. The lowest BCUT2D eigenvalue weighted by Crippen LogP contribution is -2.25. The van der Waals surface area contributed by atoms with Gasteiger partial charge in [0.05, 0.1) is 5.56 Å². The number of hydrogen-bond acceptors (Lipinski definition) is 4. The van der Waals surface area contributed by atoms with Crippen LogP contribution in [-0.2, 0) is 17.3 Å². The molecule has 196 valence electrons. The SMILES string of the molecule is Cc1cc2c(c(C(C)(C)C)c1)O[P+](O)(C(=O)c1ccc(I)cc1C)Oc1c(cc(C)cc1C(C)(C)C)C2. The van der Waals surface area contributed by atoms with E-state index >= 15 is 0 Å². The molecule has 0 atom stereocenters. The summed E-state index contributed by atoms with van der Waals surface area (Å²) in [7, 11) is -4.12. The first-order valence-electron chi connectivity index (χ1n) is 12.6. The van der Waals surface area contributed by atoms with E-state index in [0.29, 0.717) is 23.5 Å². The summed E-state index contributed by atoms with van der Waals surface area (Å²) in [6.07, 6.45) is 0.580. The van der Waals surface area contributed by atoms with Gasteiger partial charge in [0.1, 0.15) is 0 Å². The van der Waals surface area contributed by atoms with Crippen LogP contribution in [0.4, 0.5) is 0 Å². The molecule has 6 heteroatoms. The summed E-state index contributed by atoms with van der Waals surface area (Å²) < 4.78 is 14.0. The molecule has 0 fully saturated rings. The maximum atomic E-state index is 14.1. The molecule has 1 aliphatic heterocycles. The number of carbonyl (C=O) groups is 1. The Hall–Kier alpha value is -1.95. The van der Waals surface area contributed by atoms with Crippen molar-refractivity contribution in [2.45, 2.75) is 79.6 Å². The molecular weight excluding hydrogens is 594 g/mol. The van der Waals surface area contributed by atoms with Crippen LogP contribution in [0, 0.1) is 24.3 Å². The van der Waals surface area contributed by atoms with Crippen molar-refractivity contribution in [2.75, 3.05) is 0 Å². The Labute approximate surface area is 235 Å². The minimum Gasteiger partial charge on any atom is -0.271 e. The lowest BCUT2D eigenvalue weighted by molar-refractivity contribution is 0.103. The number of carbonyl (C=O) groups excluding carboxylic acids is 1. The van der Waals surface area contributed by atoms with E-state index in [2.05, 4.69) is 102 Å². The van der Waals surface area contributed by atoms with E-state index < -0.39 is 13.5 Å². The van der Waals surface area contributed by atoms with Gasteiger partial charge in [-0.25, -0.2) is 4.79 Å². The molecule has 1 aliphatic rings. The van der Waals surface area contributed by atoms with Gasteiger partial charge in [-0.1, -0.05) is 76.9 Å². The van der Waals surface area contributed by atoms with Crippen molar-refractivity contribution in [3.63, 3.8) is 0 Å². The fraction of sp³-hybridized carbons (Fsp3) is 0.387. The van der Waals surface area contributed by atoms with Gasteiger partial charge in [-0.15, -0.1) is 0 Å². The molecule has 1 N–H and O–H groups in total. The fourth-order valence-corrected chi connectivity index (χ4v) is 7.19. The second-order valence-electron chi connectivity index (χ2n) is 12.2. The first kappa shape index (κ1) is 28.1. The maximum absolute atomic E-state index is 14.1. The Morgan fingerprint density at radius 2 is 1.27 bits per heavy atom. The van der Waals surface area contributed by atoms with Crippen LogP contribution in [0.1, 0.15) is 90.8 Å². The number of aryl methyl sites for hydroxylation is 3. The predicted molar refractivity (Wildman–Crippen MR) is 161 cm³/mol. The molecule has 0 bridgehead atoms. The molecular formula is C31H37IO4P+. The minimum absolute atomic E-state index is 0.270. The van der Waals surface area contributed by atoms with E-state index in [1.165, 1.54) is 0 Å². The van der Waals surface area contributed by atoms with Crippen LogP contribution < -0.4 is 9.05 Å². The molecule has 0 unspecified atom stereocenters. The monoisotopic (exact) mass is 631 g/mol. The van der Waals surface area contributed by atoms with E-state index in [-0.39, 0.29) is 10.8 Å². The van der Waals surface area contributed by atoms with Gasteiger partial charge in [0.25, 0.3) is 0 Å². The number of halogens is 1. The van der Waals surface area contributed by atoms with Gasteiger partial charge in [-0.05, 0) is 78.0 Å². The second kappa shape index (κ2) is 9.66. The highest BCUT2D eigenvalue weighted by atomic mass is 127. The largest absolute Gasteiger partial charge is 0.576 e. The average Bonchev–Trinajstić information content (AvgIpc) is 2.74. The molecule has 0 saturated carbocycles. The van der Waals surface area contributed by atoms with E-state index in [4.69, 9.17) is 9.05 Å². The highest BCUT2D eigenvalue weighted by molar-refractivity contribution is 14.1. The number of fused-ring (bicyclic) bond motifs is 2. The van der Waals surface area contributed by atoms with Crippen LogP contribution in [0.15, 0.2) is 42.5 Å². The summed E-state index contributed by atoms with van der Waals surface area (Å²) in [6, 6.07) is 13.9. The van der Waals surface area contributed by atoms with Gasteiger partial charge in [0, 0.05) is 32.2 Å². The summed E-state index contributed by atoms with van der Waals surface area (Å²) >= 11 is 2.22. The predicted octanol–water partition coefficient (Wildman–Crippen LogP) is 8.77. The van der Waals surface area contributed by atoms with E-state index in [1.54, 1.807) is 6.07 Å². The van der Waals surface area contributed by atoms with E-state index in [9.17, 15) is 9.69 Å².